The lowest BCUT2D eigenvalue weighted by molar-refractivity contribution is 0.0383. The molecule has 5 nitrogen and oxygen atoms in total. The normalized spacial score (nSPS) is 15.5. The van der Waals surface area contributed by atoms with E-state index in [2.05, 4.69) is 33.4 Å². The van der Waals surface area contributed by atoms with Crippen LogP contribution in [0.4, 0.5) is 0 Å². The Morgan fingerprint density at radius 2 is 1.96 bits per heavy atom. The van der Waals surface area contributed by atoms with Crippen LogP contribution in [0, 0.1) is 0 Å². The van der Waals surface area contributed by atoms with Gasteiger partial charge in [-0.15, -0.1) is 0 Å². The largest absolute Gasteiger partial charge is 0.379 e. The number of benzene rings is 2. The number of nitrogens with zero attached hydrogens (tertiary/aromatic N) is 2. The van der Waals surface area contributed by atoms with Crippen LogP contribution < -0.4 is 5.32 Å². The Labute approximate surface area is 146 Å². The molecule has 3 aromatic rings. The van der Waals surface area contributed by atoms with Gasteiger partial charge in [-0.1, -0.05) is 30.3 Å². The number of fused-ring (bicyclic) bond motifs is 3. The predicted octanol–water partition coefficient (Wildman–Crippen LogP) is 2.45. The summed E-state index contributed by atoms with van der Waals surface area (Å²) in [4.78, 5) is 19.2. The predicted molar refractivity (Wildman–Crippen MR) is 98.8 cm³/mol. The molecule has 1 aliphatic heterocycles. The summed E-state index contributed by atoms with van der Waals surface area (Å²) in [5.41, 5.74) is 1.51. The minimum Gasteiger partial charge on any atom is -0.379 e. The summed E-state index contributed by atoms with van der Waals surface area (Å²) in [6.45, 7) is 4.88. The zero-order valence-electron chi connectivity index (χ0n) is 14.1. The molecule has 0 unspecified atom stereocenters. The van der Waals surface area contributed by atoms with Crippen molar-refractivity contribution in [1.29, 1.82) is 0 Å². The third kappa shape index (κ3) is 3.48. The van der Waals surface area contributed by atoms with Crippen molar-refractivity contribution in [2.45, 2.75) is 0 Å². The number of ether oxygens (including phenoxy) is 1. The lowest BCUT2D eigenvalue weighted by atomic mass is 10.0. The monoisotopic (exact) mass is 335 g/mol. The van der Waals surface area contributed by atoms with Gasteiger partial charge < -0.3 is 10.1 Å². The second kappa shape index (κ2) is 7.17. The first-order valence-corrected chi connectivity index (χ1v) is 8.67. The Hall–Kier alpha value is -2.50. The Balaban J connectivity index is 1.50. The second-order valence-corrected chi connectivity index (χ2v) is 6.29. The number of hydrogen-bond acceptors (Lipinski definition) is 4. The summed E-state index contributed by atoms with van der Waals surface area (Å²) in [5, 5.41) is 6.29. The zero-order valence-corrected chi connectivity index (χ0v) is 14.1. The molecular formula is C20H21N3O2. The number of pyridine rings is 1. The molecule has 0 aliphatic carbocycles. The summed E-state index contributed by atoms with van der Waals surface area (Å²) in [7, 11) is 0. The van der Waals surface area contributed by atoms with Gasteiger partial charge in [0.2, 0.25) is 0 Å². The van der Waals surface area contributed by atoms with E-state index in [0.29, 0.717) is 12.1 Å². The van der Waals surface area contributed by atoms with Crippen LogP contribution in [0.5, 0.6) is 0 Å². The maximum absolute atomic E-state index is 12.5. The van der Waals surface area contributed by atoms with Crippen molar-refractivity contribution in [2.75, 3.05) is 39.4 Å². The first-order chi connectivity index (χ1) is 12.3. The fraction of sp³-hybridized carbons (Fsp3) is 0.300. The number of aromatic nitrogens is 1. The lowest BCUT2D eigenvalue weighted by Crippen LogP contribution is -2.41. The van der Waals surface area contributed by atoms with Crippen molar-refractivity contribution in [2.24, 2.45) is 0 Å². The molecule has 5 heteroatoms. The van der Waals surface area contributed by atoms with E-state index in [4.69, 9.17) is 4.74 Å². The quantitative estimate of drug-likeness (QED) is 0.744. The van der Waals surface area contributed by atoms with Crippen molar-refractivity contribution in [1.82, 2.24) is 15.2 Å². The van der Waals surface area contributed by atoms with Crippen LogP contribution in [0.15, 0.2) is 48.7 Å². The standard InChI is InChI=1S/C20H21N3O2/c24-20(21-7-8-23-9-11-25-12-10-23)16-13-18-17-4-2-1-3-15(17)5-6-19(18)22-14-16/h1-6,13-14H,7-12H2,(H,21,24). The third-order valence-electron chi connectivity index (χ3n) is 4.67. The number of nitrogens with one attached hydrogen (secondary N) is 1. The Morgan fingerprint density at radius 3 is 2.84 bits per heavy atom. The first kappa shape index (κ1) is 16.0. The van der Waals surface area contributed by atoms with Crippen LogP contribution in [0.2, 0.25) is 0 Å². The van der Waals surface area contributed by atoms with Crippen molar-refractivity contribution in [3.05, 3.63) is 54.2 Å². The van der Waals surface area contributed by atoms with Crippen molar-refractivity contribution in [3.8, 4) is 0 Å². The molecule has 2 heterocycles. The molecule has 0 spiro atoms. The fourth-order valence-electron chi connectivity index (χ4n) is 3.26. The third-order valence-corrected chi connectivity index (χ3v) is 4.67. The average molecular weight is 335 g/mol. The molecule has 1 aromatic heterocycles. The van der Waals surface area contributed by atoms with Crippen molar-refractivity contribution >= 4 is 27.6 Å². The number of carbonyl (C=O) groups excluding carboxylic acids is 1. The molecule has 1 fully saturated rings. The van der Waals surface area contributed by atoms with Gasteiger partial charge in [0, 0.05) is 37.8 Å². The van der Waals surface area contributed by atoms with Gasteiger partial charge in [0.1, 0.15) is 0 Å². The van der Waals surface area contributed by atoms with Crippen molar-refractivity contribution in [3.63, 3.8) is 0 Å². The molecule has 1 amide bonds. The second-order valence-electron chi connectivity index (χ2n) is 6.29. The smallest absolute Gasteiger partial charge is 0.252 e. The topological polar surface area (TPSA) is 54.5 Å². The van der Waals surface area contributed by atoms with E-state index in [1.807, 2.05) is 24.3 Å². The van der Waals surface area contributed by atoms with Gasteiger partial charge in [0.25, 0.3) is 5.91 Å². The number of hydrogen-bond donors (Lipinski definition) is 1. The average Bonchev–Trinajstić information content (AvgIpc) is 2.68. The van der Waals surface area contributed by atoms with Crippen LogP contribution >= 0.6 is 0 Å². The summed E-state index contributed by atoms with van der Waals surface area (Å²) in [5.74, 6) is -0.0735. The summed E-state index contributed by atoms with van der Waals surface area (Å²) in [6, 6.07) is 14.2. The van der Waals surface area contributed by atoms with E-state index >= 15 is 0 Å². The highest BCUT2D eigenvalue weighted by molar-refractivity contribution is 6.08. The molecule has 1 aliphatic rings. The highest BCUT2D eigenvalue weighted by atomic mass is 16.5. The van der Waals surface area contributed by atoms with E-state index in [0.717, 1.165) is 54.5 Å². The molecular weight excluding hydrogens is 314 g/mol. The summed E-state index contributed by atoms with van der Waals surface area (Å²) < 4.78 is 5.34. The molecule has 0 atom stereocenters. The molecule has 0 bridgehead atoms. The maximum atomic E-state index is 12.5. The first-order valence-electron chi connectivity index (χ1n) is 8.67. The molecule has 128 valence electrons. The molecule has 0 radical (unpaired) electrons. The minimum absolute atomic E-state index is 0.0735. The van der Waals surface area contributed by atoms with Crippen LogP contribution in [0.3, 0.4) is 0 Å². The minimum atomic E-state index is -0.0735. The Bertz CT molecular complexity index is 904. The van der Waals surface area contributed by atoms with Gasteiger partial charge in [0.05, 0.1) is 24.3 Å². The van der Waals surface area contributed by atoms with Crippen LogP contribution in [-0.2, 0) is 4.74 Å². The van der Waals surface area contributed by atoms with Gasteiger partial charge in [-0.2, -0.15) is 0 Å². The number of carbonyl (C=O) groups is 1. The Morgan fingerprint density at radius 1 is 1.12 bits per heavy atom. The van der Waals surface area contributed by atoms with Gasteiger partial charge in [-0.3, -0.25) is 14.7 Å². The van der Waals surface area contributed by atoms with Gasteiger partial charge in [-0.25, -0.2) is 0 Å². The van der Waals surface area contributed by atoms with Crippen LogP contribution in [0.1, 0.15) is 10.4 Å². The van der Waals surface area contributed by atoms with Gasteiger partial charge >= 0.3 is 0 Å². The van der Waals surface area contributed by atoms with E-state index in [1.165, 1.54) is 0 Å². The van der Waals surface area contributed by atoms with E-state index in [-0.39, 0.29) is 5.91 Å². The Kier molecular flexibility index (Phi) is 4.59. The van der Waals surface area contributed by atoms with E-state index in [1.54, 1.807) is 6.20 Å². The molecule has 0 saturated carbocycles. The molecule has 25 heavy (non-hydrogen) atoms. The van der Waals surface area contributed by atoms with Crippen LogP contribution in [-0.4, -0.2) is 55.2 Å². The molecule has 4 rings (SSSR count). The van der Waals surface area contributed by atoms with Gasteiger partial charge in [-0.05, 0) is 22.9 Å². The molecule has 1 saturated heterocycles. The van der Waals surface area contributed by atoms with E-state index < -0.39 is 0 Å². The van der Waals surface area contributed by atoms with Crippen molar-refractivity contribution < 1.29 is 9.53 Å². The number of amides is 1. The highest BCUT2D eigenvalue weighted by Gasteiger charge is 2.12. The van der Waals surface area contributed by atoms with Crippen LogP contribution in [0.25, 0.3) is 21.7 Å². The number of rotatable bonds is 4. The SMILES string of the molecule is O=C(NCCN1CCOCC1)c1cnc2ccc3ccccc3c2c1. The zero-order chi connectivity index (χ0) is 17.1. The maximum Gasteiger partial charge on any atom is 0.252 e. The van der Waals surface area contributed by atoms with Gasteiger partial charge in [0.15, 0.2) is 0 Å². The molecule has 2 aromatic carbocycles. The summed E-state index contributed by atoms with van der Waals surface area (Å²) in [6.07, 6.45) is 1.65. The highest BCUT2D eigenvalue weighted by Crippen LogP contribution is 2.24. The molecule has 1 N–H and O–H groups in total. The fourth-order valence-corrected chi connectivity index (χ4v) is 3.26. The number of morpholine rings is 1. The summed E-state index contributed by atoms with van der Waals surface area (Å²) >= 11 is 0. The van der Waals surface area contributed by atoms with E-state index in [9.17, 15) is 4.79 Å². The lowest BCUT2D eigenvalue weighted by Gasteiger charge is -2.26.